The molecular formula is C43H52N10O6. The fourth-order valence-corrected chi connectivity index (χ4v) is 9.43. The first kappa shape index (κ1) is 38.5. The van der Waals surface area contributed by atoms with Crippen LogP contribution < -0.4 is 21.3 Å². The predicted octanol–water partition coefficient (Wildman–Crippen LogP) is 4.62. The number of ether oxygens (including phenoxy) is 2. The van der Waals surface area contributed by atoms with Gasteiger partial charge in [0.1, 0.15) is 24.1 Å². The number of hydrogen-bond acceptors (Lipinski definition) is 10. The Bertz CT molecular complexity index is 2320. The number of methoxy groups -OCH3 is 2. The second-order valence-corrected chi connectivity index (χ2v) is 17.3. The van der Waals surface area contributed by atoms with E-state index >= 15 is 0 Å². The molecule has 0 spiro atoms. The maximum Gasteiger partial charge on any atom is 0.407 e. The smallest absolute Gasteiger partial charge is 0.407 e. The van der Waals surface area contributed by atoms with Gasteiger partial charge in [-0.3, -0.25) is 9.59 Å². The first-order chi connectivity index (χ1) is 28.4. The Kier molecular flexibility index (Phi) is 9.75. The van der Waals surface area contributed by atoms with E-state index < -0.39 is 24.3 Å². The molecule has 0 bridgehead atoms. The zero-order valence-electron chi connectivity index (χ0n) is 34.1. The molecule has 2 aliphatic carbocycles. The third kappa shape index (κ3) is 7.11. The maximum absolute atomic E-state index is 13.8. The van der Waals surface area contributed by atoms with Crippen molar-refractivity contribution in [3.63, 3.8) is 0 Å². The summed E-state index contributed by atoms with van der Waals surface area (Å²) in [6.07, 6.45) is 8.06. The van der Waals surface area contributed by atoms with Crippen LogP contribution in [0.4, 0.5) is 9.59 Å². The summed E-state index contributed by atoms with van der Waals surface area (Å²) in [5.41, 5.74) is 6.49. The zero-order valence-corrected chi connectivity index (χ0v) is 34.1. The number of H-pyrrole nitrogens is 1. The monoisotopic (exact) mass is 804 g/mol. The molecule has 310 valence electrons. The van der Waals surface area contributed by atoms with Gasteiger partial charge in [-0.2, -0.15) is 5.10 Å². The number of piperidine rings is 2. The van der Waals surface area contributed by atoms with Crippen LogP contribution in [0.5, 0.6) is 0 Å². The standard InChI is InChI=1S/C43H52N10O6/c1-21(2)36(48-42(56)58-5)40(54)52-32-14-26(32)16-34(52)38-44-19-30(46-38)24-9-7-23(8-10-24)29-18-28-13-25(11-12-51(28)50-29)31-20-45-39(47-31)35-17-27-15-33(27)53(35)41(55)37(22(3)4)49-43(57)59-6/h7-13,18-22,26-27,32-38,44,46H,14-17H2,1-6H3,(H,45,47)(H,48,56)(H,49,57)/t26?,27?,32-,33-,34+,35+,36+,37+,38?/m1/s1. The van der Waals surface area contributed by atoms with Crippen LogP contribution in [0.1, 0.15) is 70.8 Å². The Morgan fingerprint density at radius 2 is 1.37 bits per heavy atom. The summed E-state index contributed by atoms with van der Waals surface area (Å²) >= 11 is 0. The Labute approximate surface area is 342 Å². The Hall–Kier alpha value is -6.06. The number of carbonyl (C=O) groups is 4. The summed E-state index contributed by atoms with van der Waals surface area (Å²) in [4.78, 5) is 64.0. The van der Waals surface area contributed by atoms with Gasteiger partial charge in [0, 0.05) is 35.6 Å². The van der Waals surface area contributed by atoms with Crippen molar-refractivity contribution in [2.45, 2.75) is 95.8 Å². The number of rotatable bonds is 11. The topological polar surface area (TPSA) is 187 Å². The summed E-state index contributed by atoms with van der Waals surface area (Å²) in [6, 6.07) is 13.1. The van der Waals surface area contributed by atoms with Gasteiger partial charge in [0.15, 0.2) is 0 Å². The first-order valence-corrected chi connectivity index (χ1v) is 20.6. The fourth-order valence-electron chi connectivity index (χ4n) is 9.43. The average molecular weight is 805 g/mol. The number of carbonyl (C=O) groups excluding carboxylic acids is 4. The van der Waals surface area contributed by atoms with Crippen LogP contribution in [0, 0.1) is 23.7 Å². The highest BCUT2D eigenvalue weighted by Crippen LogP contribution is 2.53. The van der Waals surface area contributed by atoms with E-state index in [1.54, 1.807) is 0 Å². The van der Waals surface area contributed by atoms with Crippen molar-refractivity contribution in [1.29, 1.82) is 0 Å². The lowest BCUT2D eigenvalue weighted by atomic mass is 10.0. The van der Waals surface area contributed by atoms with E-state index in [9.17, 15) is 19.2 Å². The van der Waals surface area contributed by atoms with Crippen LogP contribution in [0.25, 0.3) is 33.7 Å². The van der Waals surface area contributed by atoms with Gasteiger partial charge >= 0.3 is 12.2 Å². The minimum atomic E-state index is -0.686. The number of fused-ring (bicyclic) bond motifs is 3. The highest BCUT2D eigenvalue weighted by atomic mass is 16.5. The van der Waals surface area contributed by atoms with E-state index in [1.165, 1.54) is 14.2 Å². The fraction of sp³-hybridized carbons (Fsp3) is 0.488. The molecule has 59 heavy (non-hydrogen) atoms. The van der Waals surface area contributed by atoms with E-state index in [2.05, 4.69) is 62.6 Å². The number of aromatic amines is 1. The molecule has 0 radical (unpaired) electrons. The van der Waals surface area contributed by atoms with Crippen molar-refractivity contribution in [2.24, 2.45) is 23.7 Å². The van der Waals surface area contributed by atoms with Crippen LogP contribution in [-0.4, -0.2) is 104 Å². The molecule has 1 aromatic carbocycles. The molecule has 16 heteroatoms. The van der Waals surface area contributed by atoms with Crippen molar-refractivity contribution in [2.75, 3.05) is 14.2 Å². The zero-order chi connectivity index (χ0) is 41.3. The van der Waals surface area contributed by atoms with E-state index in [0.29, 0.717) is 11.8 Å². The van der Waals surface area contributed by atoms with Crippen LogP contribution in [0.2, 0.25) is 0 Å². The minimum absolute atomic E-state index is 0.0531. The van der Waals surface area contributed by atoms with E-state index in [4.69, 9.17) is 19.6 Å². The lowest BCUT2D eigenvalue weighted by Gasteiger charge is -2.36. The number of pyridine rings is 1. The Morgan fingerprint density at radius 1 is 0.763 bits per heavy atom. The number of aromatic nitrogens is 4. The number of alkyl carbamates (subject to hydrolysis) is 2. The van der Waals surface area contributed by atoms with Gasteiger partial charge in [0.2, 0.25) is 11.8 Å². The molecule has 2 saturated carbocycles. The first-order valence-electron chi connectivity index (χ1n) is 20.6. The minimum Gasteiger partial charge on any atom is -0.453 e. The summed E-state index contributed by atoms with van der Waals surface area (Å²) in [5, 5.41) is 17.5. The molecule has 5 N–H and O–H groups in total. The Balaban J connectivity index is 0.862. The van der Waals surface area contributed by atoms with Crippen LogP contribution in [-0.2, 0) is 19.1 Å². The van der Waals surface area contributed by atoms with E-state index in [-0.39, 0.29) is 54.0 Å². The molecule has 4 amide bonds. The summed E-state index contributed by atoms with van der Waals surface area (Å²) in [7, 11) is 2.61. The predicted molar refractivity (Wildman–Crippen MR) is 218 cm³/mol. The average Bonchev–Trinajstić information content (AvgIpc) is 3.72. The van der Waals surface area contributed by atoms with Gasteiger partial charge in [-0.25, -0.2) is 19.1 Å². The molecule has 16 nitrogen and oxygen atoms in total. The summed E-state index contributed by atoms with van der Waals surface area (Å²) in [6.45, 7) is 7.70. The molecule has 2 saturated heterocycles. The number of likely N-dealkylation sites (tertiary alicyclic amines) is 2. The largest absolute Gasteiger partial charge is 0.453 e. The van der Waals surface area contributed by atoms with Gasteiger partial charge in [0.05, 0.1) is 55.1 Å². The van der Waals surface area contributed by atoms with Gasteiger partial charge in [-0.1, -0.05) is 52.0 Å². The molecular weight excluding hydrogens is 753 g/mol. The van der Waals surface area contributed by atoms with E-state index in [1.807, 2.05) is 66.7 Å². The molecule has 4 fully saturated rings. The number of imidazole rings is 1. The van der Waals surface area contributed by atoms with E-state index in [0.717, 1.165) is 70.8 Å². The molecule has 3 aromatic heterocycles. The molecule has 3 aliphatic heterocycles. The summed E-state index contributed by atoms with van der Waals surface area (Å²) in [5.74, 6) is 1.29. The number of benzene rings is 1. The number of amides is 4. The van der Waals surface area contributed by atoms with Crippen LogP contribution >= 0.6 is 0 Å². The van der Waals surface area contributed by atoms with Crippen molar-refractivity contribution in [1.82, 2.24) is 50.6 Å². The number of nitrogens with zero attached hydrogens (tertiary/aromatic N) is 5. The van der Waals surface area contributed by atoms with Crippen molar-refractivity contribution >= 4 is 35.2 Å². The highest BCUT2D eigenvalue weighted by Gasteiger charge is 2.58. The maximum atomic E-state index is 13.8. The third-order valence-electron chi connectivity index (χ3n) is 12.8. The van der Waals surface area contributed by atoms with Crippen LogP contribution in [0.15, 0.2) is 61.1 Å². The molecule has 5 aliphatic rings. The van der Waals surface area contributed by atoms with Crippen molar-refractivity contribution in [3.05, 3.63) is 72.4 Å². The van der Waals surface area contributed by atoms with Crippen molar-refractivity contribution < 1.29 is 28.7 Å². The molecule has 4 aromatic rings. The highest BCUT2D eigenvalue weighted by molar-refractivity contribution is 5.88. The second-order valence-electron chi connectivity index (χ2n) is 17.3. The number of hydrogen-bond donors (Lipinski definition) is 5. The van der Waals surface area contributed by atoms with Gasteiger partial charge in [-0.15, -0.1) is 0 Å². The molecule has 9 rings (SSSR count). The Morgan fingerprint density at radius 3 is 2.03 bits per heavy atom. The normalized spacial score (nSPS) is 26.1. The van der Waals surface area contributed by atoms with Crippen LogP contribution in [0.3, 0.4) is 0 Å². The molecule has 6 heterocycles. The van der Waals surface area contributed by atoms with Crippen molar-refractivity contribution in [3.8, 4) is 22.5 Å². The lowest BCUT2D eigenvalue weighted by molar-refractivity contribution is -0.137. The van der Waals surface area contributed by atoms with Gasteiger partial charge in [0.25, 0.3) is 0 Å². The molecule has 3 unspecified atom stereocenters. The summed E-state index contributed by atoms with van der Waals surface area (Å²) < 4.78 is 11.5. The third-order valence-corrected chi connectivity index (χ3v) is 12.8. The SMILES string of the molecule is COC(=O)N[C@H](C(=O)N1[C@@H]2CC2C[C@H]1c1ncc(-c2ccn3nc(-c4ccc(C5=CNC([C@@H]6CC7C[C@H]7N6C(=O)[C@@H](NC(=O)OC)C(C)C)N5)cc4)cc3c2)[nH]1)C(C)C. The quantitative estimate of drug-likeness (QED) is 0.143. The van der Waals surface area contributed by atoms with Gasteiger partial charge in [-0.05, 0) is 73.1 Å². The number of nitrogens with one attached hydrogen (secondary N) is 5. The van der Waals surface area contributed by atoms with Gasteiger partial charge < -0.3 is 45.5 Å². The molecule has 9 atom stereocenters. The second kappa shape index (κ2) is 15.0. The lowest BCUT2D eigenvalue weighted by Crippen LogP contribution is -2.58.